The summed E-state index contributed by atoms with van der Waals surface area (Å²) in [7, 11) is 1.20. The second kappa shape index (κ2) is 7.56. The molecule has 0 aliphatic carbocycles. The molecule has 0 unspecified atom stereocenters. The number of carbonyl (C=O) groups excluding carboxylic acids is 2. The molecule has 132 valence electrons. The van der Waals surface area contributed by atoms with E-state index in [0.29, 0.717) is 10.8 Å². The number of aromatic nitrogens is 1. The second-order valence-corrected chi connectivity index (χ2v) is 5.67. The molecule has 1 heterocycles. The summed E-state index contributed by atoms with van der Waals surface area (Å²) >= 11 is 0. The minimum atomic E-state index is -0.844. The zero-order chi connectivity index (χ0) is 18.6. The van der Waals surface area contributed by atoms with Gasteiger partial charge in [-0.1, -0.05) is 13.8 Å². The molecule has 0 spiro atoms. The van der Waals surface area contributed by atoms with Gasteiger partial charge in [0.25, 0.3) is 5.69 Å². The van der Waals surface area contributed by atoms with Crippen molar-refractivity contribution in [3.05, 3.63) is 40.6 Å². The third kappa shape index (κ3) is 4.19. The molecule has 2 amide bonds. The Morgan fingerprint density at radius 3 is 2.60 bits per heavy atom. The quantitative estimate of drug-likeness (QED) is 0.633. The van der Waals surface area contributed by atoms with Crippen molar-refractivity contribution in [2.75, 3.05) is 12.4 Å². The van der Waals surface area contributed by atoms with Crippen molar-refractivity contribution in [1.82, 2.24) is 10.3 Å². The third-order valence-corrected chi connectivity index (χ3v) is 3.61. The van der Waals surface area contributed by atoms with E-state index in [1.807, 2.05) is 0 Å². The van der Waals surface area contributed by atoms with Crippen molar-refractivity contribution in [3.8, 4) is 0 Å². The van der Waals surface area contributed by atoms with Crippen LogP contribution < -0.4 is 10.6 Å². The Bertz CT molecular complexity index is 821. The van der Waals surface area contributed by atoms with Crippen LogP contribution in [0.3, 0.4) is 0 Å². The van der Waals surface area contributed by atoms with Crippen LogP contribution in [-0.4, -0.2) is 35.1 Å². The number of nitrogens with one attached hydrogen (secondary N) is 2. The predicted octanol–water partition coefficient (Wildman–Crippen LogP) is 2.46. The number of non-ortho nitro benzene ring substituents is 1. The SMILES string of the molecule is COC(=O)N[C@H](C(=O)Nc1nccc2ccc([N+](=O)[O-])cc12)C(C)C. The fraction of sp³-hybridized carbons (Fsp3) is 0.312. The van der Waals surface area contributed by atoms with Gasteiger partial charge in [-0.3, -0.25) is 14.9 Å². The molecule has 2 aromatic rings. The molecule has 0 fully saturated rings. The van der Waals surface area contributed by atoms with Crippen LogP contribution in [0.2, 0.25) is 0 Å². The highest BCUT2D eigenvalue weighted by Gasteiger charge is 2.25. The minimum absolute atomic E-state index is 0.107. The van der Waals surface area contributed by atoms with Crippen molar-refractivity contribution in [2.45, 2.75) is 19.9 Å². The Hall–Kier alpha value is -3.23. The molecule has 9 heteroatoms. The molecule has 1 aromatic heterocycles. The van der Waals surface area contributed by atoms with Gasteiger partial charge in [-0.05, 0) is 23.4 Å². The Kier molecular flexibility index (Phi) is 5.48. The maximum Gasteiger partial charge on any atom is 0.407 e. The number of anilines is 1. The Labute approximate surface area is 143 Å². The first-order valence-corrected chi connectivity index (χ1v) is 7.52. The number of hydrogen-bond donors (Lipinski definition) is 2. The lowest BCUT2D eigenvalue weighted by Gasteiger charge is -2.21. The number of nitro groups is 1. The summed E-state index contributed by atoms with van der Waals surface area (Å²) in [4.78, 5) is 38.5. The average Bonchev–Trinajstić information content (AvgIpc) is 2.58. The number of fused-ring (bicyclic) bond motifs is 1. The van der Waals surface area contributed by atoms with Crippen LogP contribution in [0.15, 0.2) is 30.5 Å². The van der Waals surface area contributed by atoms with Gasteiger partial charge in [-0.15, -0.1) is 0 Å². The number of methoxy groups -OCH3 is 1. The van der Waals surface area contributed by atoms with Gasteiger partial charge in [-0.2, -0.15) is 0 Å². The normalized spacial score (nSPS) is 11.8. The number of nitro benzene ring substituents is 1. The second-order valence-electron chi connectivity index (χ2n) is 5.67. The molecule has 0 bridgehead atoms. The molecule has 2 N–H and O–H groups in total. The number of pyridine rings is 1. The summed E-state index contributed by atoms with van der Waals surface area (Å²) in [6, 6.07) is 5.14. The summed E-state index contributed by atoms with van der Waals surface area (Å²) in [6.45, 7) is 3.53. The molecule has 0 saturated carbocycles. The number of carbonyl (C=O) groups is 2. The number of benzene rings is 1. The maximum absolute atomic E-state index is 12.5. The van der Waals surface area contributed by atoms with Crippen LogP contribution in [0.25, 0.3) is 10.8 Å². The summed E-state index contributed by atoms with van der Waals surface area (Å²) in [6.07, 6.45) is 0.761. The van der Waals surface area contributed by atoms with Crippen molar-refractivity contribution in [2.24, 2.45) is 5.92 Å². The first-order valence-electron chi connectivity index (χ1n) is 7.52. The number of amides is 2. The summed E-state index contributed by atoms with van der Waals surface area (Å²) in [5.74, 6) is -0.515. The molecule has 0 saturated heterocycles. The molecule has 9 nitrogen and oxygen atoms in total. The molecular weight excluding hydrogens is 328 g/mol. The van der Waals surface area contributed by atoms with E-state index in [2.05, 4.69) is 20.4 Å². The van der Waals surface area contributed by atoms with Crippen molar-refractivity contribution < 1.29 is 19.2 Å². The smallest absolute Gasteiger partial charge is 0.407 e. The van der Waals surface area contributed by atoms with Gasteiger partial charge in [0, 0.05) is 23.7 Å². The van der Waals surface area contributed by atoms with Crippen LogP contribution in [-0.2, 0) is 9.53 Å². The average molecular weight is 346 g/mol. The van der Waals surface area contributed by atoms with E-state index >= 15 is 0 Å². The zero-order valence-corrected chi connectivity index (χ0v) is 14.0. The van der Waals surface area contributed by atoms with Crippen molar-refractivity contribution in [1.29, 1.82) is 0 Å². The number of rotatable bonds is 5. The Morgan fingerprint density at radius 1 is 1.28 bits per heavy atom. The summed E-state index contributed by atoms with van der Waals surface area (Å²) in [5.41, 5.74) is -0.107. The molecular formula is C16H18N4O5. The highest BCUT2D eigenvalue weighted by Crippen LogP contribution is 2.26. The van der Waals surface area contributed by atoms with Gasteiger partial charge in [0.1, 0.15) is 11.9 Å². The van der Waals surface area contributed by atoms with Crippen molar-refractivity contribution >= 4 is 34.3 Å². The summed E-state index contributed by atoms with van der Waals surface area (Å²) in [5, 5.41) is 17.2. The fourth-order valence-corrected chi connectivity index (χ4v) is 2.28. The van der Waals surface area contributed by atoms with Gasteiger partial charge in [0.2, 0.25) is 5.91 Å². The van der Waals surface area contributed by atoms with Gasteiger partial charge in [0.15, 0.2) is 0 Å². The molecule has 2 rings (SSSR count). The Balaban J connectivity index is 2.34. The molecule has 1 atom stereocenters. The number of nitrogens with zero attached hydrogens (tertiary/aromatic N) is 2. The van der Waals surface area contributed by atoms with Gasteiger partial charge in [-0.25, -0.2) is 9.78 Å². The monoisotopic (exact) mass is 346 g/mol. The minimum Gasteiger partial charge on any atom is -0.453 e. The Morgan fingerprint density at radius 2 is 2.00 bits per heavy atom. The van der Waals surface area contributed by atoms with Gasteiger partial charge in [0.05, 0.1) is 12.0 Å². The maximum atomic E-state index is 12.5. The molecule has 0 aliphatic heterocycles. The predicted molar refractivity (Wildman–Crippen MR) is 91.2 cm³/mol. The number of hydrogen-bond acceptors (Lipinski definition) is 6. The lowest BCUT2D eigenvalue weighted by molar-refractivity contribution is -0.384. The van der Waals surface area contributed by atoms with Crippen LogP contribution in [0, 0.1) is 16.0 Å². The highest BCUT2D eigenvalue weighted by molar-refractivity contribution is 6.03. The van der Waals surface area contributed by atoms with Crippen LogP contribution in [0.4, 0.5) is 16.3 Å². The largest absolute Gasteiger partial charge is 0.453 e. The van der Waals surface area contributed by atoms with E-state index < -0.39 is 23.0 Å². The lowest BCUT2D eigenvalue weighted by Crippen LogP contribution is -2.47. The van der Waals surface area contributed by atoms with Crippen molar-refractivity contribution in [3.63, 3.8) is 0 Å². The van der Waals surface area contributed by atoms with E-state index in [1.54, 1.807) is 26.0 Å². The topological polar surface area (TPSA) is 123 Å². The first kappa shape index (κ1) is 18.1. The zero-order valence-electron chi connectivity index (χ0n) is 14.0. The van der Waals surface area contributed by atoms with Gasteiger partial charge < -0.3 is 15.4 Å². The fourth-order valence-electron chi connectivity index (χ4n) is 2.28. The van der Waals surface area contributed by atoms with E-state index in [-0.39, 0.29) is 17.4 Å². The molecule has 25 heavy (non-hydrogen) atoms. The number of alkyl carbamates (subject to hydrolysis) is 1. The van der Waals surface area contributed by atoms with Crippen LogP contribution in [0.1, 0.15) is 13.8 Å². The standard InChI is InChI=1S/C16H18N4O5/c1-9(2)13(18-16(22)25-3)15(21)19-14-12-8-11(20(23)24)5-4-10(12)6-7-17-14/h4-9,13H,1-3H3,(H,18,22)(H,17,19,21)/t13-/m0/s1. The highest BCUT2D eigenvalue weighted by atomic mass is 16.6. The van der Waals surface area contributed by atoms with Crippen LogP contribution >= 0.6 is 0 Å². The van der Waals surface area contributed by atoms with E-state index in [1.165, 1.54) is 25.4 Å². The van der Waals surface area contributed by atoms with E-state index in [9.17, 15) is 19.7 Å². The number of ether oxygens (including phenoxy) is 1. The van der Waals surface area contributed by atoms with E-state index in [0.717, 1.165) is 0 Å². The third-order valence-electron chi connectivity index (χ3n) is 3.61. The lowest BCUT2D eigenvalue weighted by atomic mass is 10.0. The molecule has 0 radical (unpaired) electrons. The molecule has 0 aliphatic rings. The van der Waals surface area contributed by atoms with Crippen LogP contribution in [0.5, 0.6) is 0 Å². The summed E-state index contributed by atoms with van der Waals surface area (Å²) < 4.78 is 4.52. The first-order chi connectivity index (χ1) is 11.8. The van der Waals surface area contributed by atoms with Gasteiger partial charge >= 0.3 is 6.09 Å². The van der Waals surface area contributed by atoms with E-state index in [4.69, 9.17) is 0 Å². The molecule has 1 aromatic carbocycles.